The summed E-state index contributed by atoms with van der Waals surface area (Å²) in [4.78, 5) is 8.64. The van der Waals surface area contributed by atoms with E-state index in [1.54, 1.807) is 14.2 Å². The van der Waals surface area contributed by atoms with E-state index < -0.39 is 7.12 Å². The lowest BCUT2D eigenvalue weighted by molar-refractivity contribution is 0.275. The van der Waals surface area contributed by atoms with E-state index in [1.165, 1.54) is 6.33 Å². The molecule has 126 valence electrons. The number of hydrogen-bond acceptors (Lipinski definition) is 7. The summed E-state index contributed by atoms with van der Waals surface area (Å²) in [7, 11) is 2.33. The quantitative estimate of drug-likeness (QED) is 0.700. The number of hydrogen-bond donors (Lipinski definition) is 2. The largest absolute Gasteiger partial charge is 0.493 e. The molecule has 0 saturated heterocycles. The Morgan fingerprint density at radius 3 is 2.72 bits per heavy atom. The number of aromatic nitrogens is 2. The van der Waals surface area contributed by atoms with Gasteiger partial charge in [-0.15, -0.1) is 0 Å². The minimum absolute atomic E-state index is 0.390. The Morgan fingerprint density at radius 1 is 1.12 bits per heavy atom. The predicted molar refractivity (Wildman–Crippen MR) is 94.8 cm³/mol. The second kappa shape index (κ2) is 6.23. The third kappa shape index (κ3) is 2.75. The monoisotopic (exact) mass is 337 g/mol. The number of rotatable bonds is 4. The highest BCUT2D eigenvalue weighted by atomic mass is 16.5. The first-order chi connectivity index (χ1) is 12.2. The van der Waals surface area contributed by atoms with Gasteiger partial charge in [-0.3, -0.25) is 0 Å². The van der Waals surface area contributed by atoms with Crippen LogP contribution in [0, 0.1) is 0 Å². The molecule has 0 aliphatic carbocycles. The molecule has 0 radical (unpaired) electrons. The molecule has 0 saturated carbocycles. The average molecular weight is 337 g/mol. The summed E-state index contributed by atoms with van der Waals surface area (Å²) in [6.07, 6.45) is 1.50. The van der Waals surface area contributed by atoms with E-state index in [0.717, 1.165) is 27.6 Å². The van der Waals surface area contributed by atoms with Crippen LogP contribution < -0.4 is 20.3 Å². The maximum absolute atomic E-state index is 9.72. The van der Waals surface area contributed by atoms with Gasteiger partial charge >= 0.3 is 7.12 Å². The Kier molecular flexibility index (Phi) is 3.91. The maximum atomic E-state index is 9.72. The Bertz CT molecular complexity index is 951. The van der Waals surface area contributed by atoms with E-state index in [0.29, 0.717) is 23.9 Å². The molecule has 25 heavy (non-hydrogen) atoms. The molecule has 7 nitrogen and oxygen atoms in total. The minimum atomic E-state index is -0.847. The molecule has 0 fully saturated rings. The second-order valence-electron chi connectivity index (χ2n) is 5.65. The first-order valence-corrected chi connectivity index (χ1v) is 7.76. The Hall–Kier alpha value is -2.84. The molecule has 2 aromatic carbocycles. The minimum Gasteiger partial charge on any atom is -0.493 e. The number of methoxy groups -OCH3 is 2. The van der Waals surface area contributed by atoms with Crippen molar-refractivity contribution in [3.8, 4) is 11.5 Å². The van der Waals surface area contributed by atoms with E-state index in [-0.39, 0.29) is 0 Å². The molecule has 0 bridgehead atoms. The smallest absolute Gasteiger partial charge is 0.491 e. The number of fused-ring (bicyclic) bond motifs is 2. The van der Waals surface area contributed by atoms with Crippen LogP contribution in [0.15, 0.2) is 36.7 Å². The lowest BCUT2D eigenvalue weighted by atomic mass is 9.79. The standard InChI is InChI=1S/C17H16BN3O4/c1-23-15-6-12-14(7-16(15)24-2)19-9-20-17(12)21-11-3-4-13-10(5-11)8-25-18(13)22/h3-7,9,22H,8H2,1-2H3,(H,19,20,21). The van der Waals surface area contributed by atoms with Gasteiger partial charge in [0.15, 0.2) is 11.5 Å². The summed E-state index contributed by atoms with van der Waals surface area (Å²) in [5.74, 6) is 1.88. The van der Waals surface area contributed by atoms with Crippen molar-refractivity contribution in [1.82, 2.24) is 9.97 Å². The highest BCUT2D eigenvalue weighted by molar-refractivity contribution is 6.61. The number of anilines is 2. The van der Waals surface area contributed by atoms with Crippen LogP contribution in [0.4, 0.5) is 11.5 Å². The van der Waals surface area contributed by atoms with Crippen molar-refractivity contribution >= 4 is 35.0 Å². The van der Waals surface area contributed by atoms with E-state index in [1.807, 2.05) is 30.3 Å². The first kappa shape index (κ1) is 15.7. The molecule has 1 aromatic heterocycles. The van der Waals surface area contributed by atoms with Gasteiger partial charge in [0.1, 0.15) is 12.1 Å². The molecule has 0 unspecified atom stereocenters. The number of ether oxygens (including phenoxy) is 2. The lowest BCUT2D eigenvalue weighted by Crippen LogP contribution is -2.27. The van der Waals surface area contributed by atoms with E-state index in [2.05, 4.69) is 15.3 Å². The molecule has 1 aliphatic heterocycles. The number of benzene rings is 2. The van der Waals surface area contributed by atoms with Crippen molar-refractivity contribution in [3.63, 3.8) is 0 Å². The summed E-state index contributed by atoms with van der Waals surface area (Å²) in [6.45, 7) is 0.390. The van der Waals surface area contributed by atoms with Gasteiger partial charge in [-0.1, -0.05) is 6.07 Å². The van der Waals surface area contributed by atoms with Crippen LogP contribution >= 0.6 is 0 Å². The number of nitrogens with zero attached hydrogens (tertiary/aromatic N) is 2. The SMILES string of the molecule is COc1cc2ncnc(Nc3ccc4c(c3)COB4O)c2cc1OC. The van der Waals surface area contributed by atoms with Gasteiger partial charge in [-0.05, 0) is 29.2 Å². The van der Waals surface area contributed by atoms with Crippen molar-refractivity contribution in [3.05, 3.63) is 42.2 Å². The first-order valence-electron chi connectivity index (χ1n) is 7.76. The molecular weight excluding hydrogens is 321 g/mol. The highest BCUT2D eigenvalue weighted by Gasteiger charge is 2.27. The molecule has 0 atom stereocenters. The van der Waals surface area contributed by atoms with E-state index in [4.69, 9.17) is 14.1 Å². The summed E-state index contributed by atoms with van der Waals surface area (Å²) >= 11 is 0. The number of nitrogens with one attached hydrogen (secondary N) is 1. The average Bonchev–Trinajstić information content (AvgIpc) is 3.01. The molecule has 2 N–H and O–H groups in total. The maximum Gasteiger partial charge on any atom is 0.491 e. The molecular formula is C17H16BN3O4. The zero-order valence-electron chi connectivity index (χ0n) is 13.8. The summed E-state index contributed by atoms with van der Waals surface area (Å²) in [5, 5.41) is 13.8. The van der Waals surface area contributed by atoms with Crippen LogP contribution in [-0.4, -0.2) is 36.3 Å². The Morgan fingerprint density at radius 2 is 1.92 bits per heavy atom. The van der Waals surface area contributed by atoms with Crippen molar-refractivity contribution in [2.24, 2.45) is 0 Å². The van der Waals surface area contributed by atoms with E-state index >= 15 is 0 Å². The molecule has 2 heterocycles. The molecule has 8 heteroatoms. The summed E-state index contributed by atoms with van der Waals surface area (Å²) in [6, 6.07) is 9.33. The van der Waals surface area contributed by atoms with E-state index in [9.17, 15) is 5.02 Å². The molecule has 3 aromatic rings. The van der Waals surface area contributed by atoms with Crippen LogP contribution in [0.2, 0.25) is 0 Å². The van der Waals surface area contributed by atoms with Gasteiger partial charge in [-0.25, -0.2) is 9.97 Å². The van der Waals surface area contributed by atoms with Crippen LogP contribution in [0.3, 0.4) is 0 Å². The molecule has 4 rings (SSSR count). The van der Waals surface area contributed by atoms with Crippen LogP contribution in [0.25, 0.3) is 10.9 Å². The van der Waals surface area contributed by atoms with Crippen LogP contribution in [0.1, 0.15) is 5.56 Å². The van der Waals surface area contributed by atoms with Crippen LogP contribution in [0.5, 0.6) is 11.5 Å². The third-order valence-electron chi connectivity index (χ3n) is 4.21. The highest BCUT2D eigenvalue weighted by Crippen LogP contribution is 2.34. The van der Waals surface area contributed by atoms with Crippen LogP contribution in [-0.2, 0) is 11.3 Å². The van der Waals surface area contributed by atoms with Gasteiger partial charge in [0.25, 0.3) is 0 Å². The van der Waals surface area contributed by atoms with Gasteiger partial charge in [0.2, 0.25) is 0 Å². The normalized spacial score (nSPS) is 13.0. The van der Waals surface area contributed by atoms with Crippen molar-refractivity contribution in [1.29, 1.82) is 0 Å². The summed E-state index contributed by atoms with van der Waals surface area (Å²) in [5.41, 5.74) is 3.35. The Labute approximate surface area is 144 Å². The predicted octanol–water partition coefficient (Wildman–Crippen LogP) is 1.61. The van der Waals surface area contributed by atoms with Gasteiger partial charge in [0, 0.05) is 17.1 Å². The molecule has 0 spiro atoms. The van der Waals surface area contributed by atoms with Crippen molar-refractivity contribution in [2.45, 2.75) is 6.61 Å². The van der Waals surface area contributed by atoms with Crippen molar-refractivity contribution in [2.75, 3.05) is 19.5 Å². The van der Waals surface area contributed by atoms with Gasteiger partial charge in [-0.2, -0.15) is 0 Å². The topological polar surface area (TPSA) is 85.7 Å². The zero-order chi connectivity index (χ0) is 17.4. The Balaban J connectivity index is 1.74. The second-order valence-corrected chi connectivity index (χ2v) is 5.65. The van der Waals surface area contributed by atoms with Crippen molar-refractivity contribution < 1.29 is 19.2 Å². The molecule has 1 aliphatic rings. The molecule has 0 amide bonds. The third-order valence-corrected chi connectivity index (χ3v) is 4.21. The summed E-state index contributed by atoms with van der Waals surface area (Å²) < 4.78 is 15.9. The zero-order valence-corrected chi connectivity index (χ0v) is 13.8. The fraction of sp³-hybridized carbons (Fsp3) is 0.176. The van der Waals surface area contributed by atoms with Gasteiger partial charge < -0.3 is 24.5 Å². The fourth-order valence-corrected chi connectivity index (χ4v) is 2.93. The fourth-order valence-electron chi connectivity index (χ4n) is 2.93. The van der Waals surface area contributed by atoms with Gasteiger partial charge in [0.05, 0.1) is 26.3 Å². The lowest BCUT2D eigenvalue weighted by Gasteiger charge is -2.12.